The van der Waals surface area contributed by atoms with Gasteiger partial charge in [0.1, 0.15) is 5.65 Å². The number of hydrogen-bond acceptors (Lipinski definition) is 3. The fourth-order valence-electron chi connectivity index (χ4n) is 1.96. The Labute approximate surface area is 105 Å². The zero-order valence-corrected chi connectivity index (χ0v) is 10.2. The average molecular weight is 238 g/mol. The molecule has 0 bridgehead atoms. The highest BCUT2D eigenvalue weighted by Crippen LogP contribution is 2.19. The highest BCUT2D eigenvalue weighted by molar-refractivity contribution is 5.63. The van der Waals surface area contributed by atoms with Crippen LogP contribution in [0.25, 0.3) is 16.9 Å². The lowest BCUT2D eigenvalue weighted by Crippen LogP contribution is -1.97. The van der Waals surface area contributed by atoms with Crippen molar-refractivity contribution in [3.8, 4) is 11.3 Å². The lowest BCUT2D eigenvalue weighted by molar-refractivity contribution is 1.15. The van der Waals surface area contributed by atoms with Gasteiger partial charge in [0.2, 0.25) is 0 Å². The van der Waals surface area contributed by atoms with E-state index >= 15 is 0 Å². The second-order valence-electron chi connectivity index (χ2n) is 4.08. The van der Waals surface area contributed by atoms with E-state index < -0.39 is 0 Å². The quantitative estimate of drug-likeness (QED) is 0.763. The average Bonchev–Trinajstić information content (AvgIpc) is 2.83. The second-order valence-corrected chi connectivity index (χ2v) is 4.08. The third-order valence-corrected chi connectivity index (χ3v) is 2.81. The molecule has 0 fully saturated rings. The van der Waals surface area contributed by atoms with Crippen LogP contribution in [0.3, 0.4) is 0 Å². The summed E-state index contributed by atoms with van der Waals surface area (Å²) in [4.78, 5) is 8.61. The first-order valence-corrected chi connectivity index (χ1v) is 6.00. The Hall–Kier alpha value is -2.36. The van der Waals surface area contributed by atoms with Gasteiger partial charge in [0.15, 0.2) is 0 Å². The number of hydrogen-bond donors (Lipinski definition) is 1. The Balaban J connectivity index is 2.06. The predicted molar refractivity (Wildman–Crippen MR) is 72.6 cm³/mol. The van der Waals surface area contributed by atoms with Crippen LogP contribution in [0.2, 0.25) is 0 Å². The van der Waals surface area contributed by atoms with Crippen LogP contribution < -0.4 is 5.32 Å². The van der Waals surface area contributed by atoms with E-state index in [2.05, 4.69) is 28.4 Å². The zero-order valence-electron chi connectivity index (χ0n) is 10.2. The van der Waals surface area contributed by atoms with Gasteiger partial charge in [-0.1, -0.05) is 0 Å². The van der Waals surface area contributed by atoms with Crippen LogP contribution in [-0.2, 0) is 0 Å². The summed E-state index contributed by atoms with van der Waals surface area (Å²) in [6, 6.07) is 7.99. The number of nitrogens with zero attached hydrogens (tertiary/aromatic N) is 3. The van der Waals surface area contributed by atoms with Crippen molar-refractivity contribution in [3.63, 3.8) is 0 Å². The predicted octanol–water partition coefficient (Wildman–Crippen LogP) is 2.83. The molecule has 0 saturated heterocycles. The first-order valence-electron chi connectivity index (χ1n) is 6.00. The summed E-state index contributed by atoms with van der Waals surface area (Å²) in [6.45, 7) is 3.00. The Morgan fingerprint density at radius 1 is 1.11 bits per heavy atom. The fraction of sp³-hybridized carbons (Fsp3) is 0.143. The minimum atomic E-state index is 0.914. The van der Waals surface area contributed by atoms with Crippen LogP contribution in [0.15, 0.2) is 49.1 Å². The van der Waals surface area contributed by atoms with Crippen molar-refractivity contribution in [2.24, 2.45) is 0 Å². The Kier molecular flexibility index (Phi) is 2.68. The van der Waals surface area contributed by atoms with Gasteiger partial charge in [0, 0.05) is 36.9 Å². The topological polar surface area (TPSA) is 42.2 Å². The normalized spacial score (nSPS) is 10.7. The molecule has 4 heteroatoms. The van der Waals surface area contributed by atoms with Crippen molar-refractivity contribution < 1.29 is 0 Å². The van der Waals surface area contributed by atoms with Gasteiger partial charge >= 0.3 is 0 Å². The van der Waals surface area contributed by atoms with Crippen molar-refractivity contribution in [1.29, 1.82) is 0 Å². The van der Waals surface area contributed by atoms with Crippen molar-refractivity contribution in [2.75, 3.05) is 11.9 Å². The van der Waals surface area contributed by atoms with E-state index in [-0.39, 0.29) is 0 Å². The van der Waals surface area contributed by atoms with Crippen LogP contribution in [-0.4, -0.2) is 20.9 Å². The Morgan fingerprint density at radius 3 is 2.72 bits per heavy atom. The highest BCUT2D eigenvalue weighted by atomic mass is 15.0. The minimum Gasteiger partial charge on any atom is -0.384 e. The number of aromatic nitrogens is 3. The molecule has 90 valence electrons. The van der Waals surface area contributed by atoms with E-state index in [0.29, 0.717) is 0 Å². The fourth-order valence-corrected chi connectivity index (χ4v) is 1.96. The van der Waals surface area contributed by atoms with E-state index in [0.717, 1.165) is 29.1 Å². The molecule has 0 aliphatic carbocycles. The zero-order chi connectivity index (χ0) is 12.4. The van der Waals surface area contributed by atoms with Gasteiger partial charge in [-0.05, 0) is 31.2 Å². The highest BCUT2D eigenvalue weighted by Gasteiger charge is 2.04. The summed E-state index contributed by atoms with van der Waals surface area (Å²) >= 11 is 0. The molecule has 0 aliphatic heterocycles. The molecule has 0 unspecified atom stereocenters. The van der Waals surface area contributed by atoms with Crippen molar-refractivity contribution in [2.45, 2.75) is 6.92 Å². The number of nitrogens with one attached hydrogen (secondary N) is 1. The summed E-state index contributed by atoms with van der Waals surface area (Å²) in [5.74, 6) is 0. The number of imidazole rings is 1. The van der Waals surface area contributed by atoms with Gasteiger partial charge in [-0.3, -0.25) is 4.98 Å². The number of fused-ring (bicyclic) bond motifs is 1. The smallest absolute Gasteiger partial charge is 0.137 e. The molecule has 0 atom stereocenters. The first kappa shape index (κ1) is 10.8. The van der Waals surface area contributed by atoms with Gasteiger partial charge < -0.3 is 9.72 Å². The van der Waals surface area contributed by atoms with E-state index in [1.807, 2.05) is 34.9 Å². The molecule has 0 aliphatic rings. The van der Waals surface area contributed by atoms with Crippen LogP contribution in [0.4, 0.5) is 5.69 Å². The summed E-state index contributed by atoms with van der Waals surface area (Å²) in [5.41, 5.74) is 4.09. The molecule has 0 radical (unpaired) electrons. The maximum atomic E-state index is 4.59. The van der Waals surface area contributed by atoms with Crippen LogP contribution >= 0.6 is 0 Å². The van der Waals surface area contributed by atoms with Crippen LogP contribution in [0.1, 0.15) is 6.92 Å². The van der Waals surface area contributed by atoms with Gasteiger partial charge in [-0.25, -0.2) is 4.98 Å². The molecule has 3 rings (SSSR count). The molecular formula is C14H14N4. The van der Waals surface area contributed by atoms with E-state index in [9.17, 15) is 0 Å². The summed E-state index contributed by atoms with van der Waals surface area (Å²) in [7, 11) is 0. The number of anilines is 1. The number of rotatable bonds is 3. The second kappa shape index (κ2) is 4.49. The van der Waals surface area contributed by atoms with E-state index in [4.69, 9.17) is 0 Å². The summed E-state index contributed by atoms with van der Waals surface area (Å²) in [5, 5.41) is 3.29. The van der Waals surface area contributed by atoms with Gasteiger partial charge in [-0.15, -0.1) is 0 Å². The molecule has 1 N–H and O–H groups in total. The van der Waals surface area contributed by atoms with Gasteiger partial charge in [-0.2, -0.15) is 0 Å². The largest absolute Gasteiger partial charge is 0.384 e. The Bertz CT molecular complexity index is 658. The van der Waals surface area contributed by atoms with E-state index in [1.54, 1.807) is 12.4 Å². The van der Waals surface area contributed by atoms with Crippen LogP contribution in [0, 0.1) is 0 Å². The first-order chi connectivity index (χ1) is 8.86. The summed E-state index contributed by atoms with van der Waals surface area (Å²) in [6.07, 6.45) is 7.65. The van der Waals surface area contributed by atoms with Crippen molar-refractivity contribution in [1.82, 2.24) is 14.4 Å². The molecule has 0 saturated carbocycles. The van der Waals surface area contributed by atoms with Crippen LogP contribution in [0.5, 0.6) is 0 Å². The van der Waals surface area contributed by atoms with Crippen molar-refractivity contribution >= 4 is 11.3 Å². The molecule has 18 heavy (non-hydrogen) atoms. The standard InChI is InChI=1S/C14H14N4/c1-2-16-12-3-4-14-17-13(10-18(14)9-12)11-5-7-15-8-6-11/h3-10,16H,2H2,1H3. The van der Waals surface area contributed by atoms with E-state index in [1.165, 1.54) is 0 Å². The van der Waals surface area contributed by atoms with Crippen molar-refractivity contribution in [3.05, 3.63) is 49.1 Å². The lowest BCUT2D eigenvalue weighted by Gasteiger charge is -2.02. The molecule has 3 aromatic rings. The maximum absolute atomic E-state index is 4.59. The van der Waals surface area contributed by atoms with Gasteiger partial charge in [0.25, 0.3) is 0 Å². The summed E-state index contributed by atoms with van der Waals surface area (Å²) < 4.78 is 2.04. The monoisotopic (exact) mass is 238 g/mol. The molecule has 0 amide bonds. The molecule has 4 nitrogen and oxygen atoms in total. The number of pyridine rings is 2. The molecule has 0 aromatic carbocycles. The third-order valence-electron chi connectivity index (χ3n) is 2.81. The lowest BCUT2D eigenvalue weighted by atomic mass is 10.2. The Morgan fingerprint density at radius 2 is 1.94 bits per heavy atom. The van der Waals surface area contributed by atoms with Gasteiger partial charge in [0.05, 0.1) is 11.4 Å². The molecule has 3 heterocycles. The molecule has 0 spiro atoms. The maximum Gasteiger partial charge on any atom is 0.137 e. The third kappa shape index (κ3) is 1.93. The minimum absolute atomic E-state index is 0.914. The molecule has 3 aromatic heterocycles. The molecular weight excluding hydrogens is 224 g/mol. The SMILES string of the molecule is CCNc1ccc2nc(-c3ccncc3)cn2c1.